The third-order valence-corrected chi connectivity index (χ3v) is 3.66. The number of carbonyl (C=O) groups is 1. The first-order valence-corrected chi connectivity index (χ1v) is 7.59. The summed E-state index contributed by atoms with van der Waals surface area (Å²) < 4.78 is 0. The minimum Gasteiger partial charge on any atom is -0.338 e. The monoisotopic (exact) mass is 274 g/mol. The van der Waals surface area contributed by atoms with E-state index in [2.05, 4.69) is 55.7 Å². The zero-order valence-electron chi connectivity index (χ0n) is 12.8. The average Bonchev–Trinajstić information content (AvgIpc) is 3.18. The predicted molar refractivity (Wildman–Crippen MR) is 83.0 cm³/mol. The van der Waals surface area contributed by atoms with Crippen LogP contribution in [0.25, 0.3) is 0 Å². The van der Waals surface area contributed by atoms with Gasteiger partial charge < -0.3 is 10.6 Å². The Morgan fingerprint density at radius 2 is 1.85 bits per heavy atom. The van der Waals surface area contributed by atoms with Gasteiger partial charge in [-0.25, -0.2) is 4.79 Å². The molecule has 0 heterocycles. The predicted octanol–water partition coefficient (Wildman–Crippen LogP) is 3.38. The first kappa shape index (κ1) is 14.9. The SMILES string of the molecule is CC(C)(C)c1ccc(CCCNC(=O)NC2CC2)cc1. The number of urea groups is 1. The summed E-state index contributed by atoms with van der Waals surface area (Å²) in [6, 6.07) is 9.23. The van der Waals surface area contributed by atoms with Crippen molar-refractivity contribution >= 4 is 6.03 Å². The van der Waals surface area contributed by atoms with Gasteiger partial charge >= 0.3 is 6.03 Å². The van der Waals surface area contributed by atoms with E-state index in [1.165, 1.54) is 11.1 Å². The van der Waals surface area contributed by atoms with E-state index in [9.17, 15) is 4.79 Å². The van der Waals surface area contributed by atoms with Crippen LogP contribution in [0.2, 0.25) is 0 Å². The Hall–Kier alpha value is -1.51. The molecule has 0 atom stereocenters. The quantitative estimate of drug-likeness (QED) is 0.794. The van der Waals surface area contributed by atoms with E-state index < -0.39 is 0 Å². The molecule has 1 aromatic rings. The number of rotatable bonds is 5. The average molecular weight is 274 g/mol. The van der Waals surface area contributed by atoms with E-state index in [1.807, 2.05) is 0 Å². The molecular weight excluding hydrogens is 248 g/mol. The first-order valence-electron chi connectivity index (χ1n) is 7.59. The fourth-order valence-corrected chi connectivity index (χ4v) is 2.13. The van der Waals surface area contributed by atoms with Crippen molar-refractivity contribution in [2.75, 3.05) is 6.54 Å². The fraction of sp³-hybridized carbons (Fsp3) is 0.588. The minimum absolute atomic E-state index is 0.0180. The molecule has 2 amide bonds. The lowest BCUT2D eigenvalue weighted by molar-refractivity contribution is 0.240. The van der Waals surface area contributed by atoms with Crippen LogP contribution in [-0.4, -0.2) is 18.6 Å². The normalized spacial score (nSPS) is 14.9. The lowest BCUT2D eigenvalue weighted by Gasteiger charge is -2.19. The zero-order valence-corrected chi connectivity index (χ0v) is 12.8. The number of aryl methyl sites for hydroxylation is 1. The molecule has 2 rings (SSSR count). The number of carbonyl (C=O) groups excluding carboxylic acids is 1. The lowest BCUT2D eigenvalue weighted by atomic mass is 9.86. The molecule has 20 heavy (non-hydrogen) atoms. The third-order valence-electron chi connectivity index (χ3n) is 3.66. The maximum atomic E-state index is 11.4. The van der Waals surface area contributed by atoms with Crippen molar-refractivity contribution in [3.63, 3.8) is 0 Å². The molecule has 0 aromatic heterocycles. The van der Waals surface area contributed by atoms with Crippen molar-refractivity contribution in [2.45, 2.75) is 57.9 Å². The van der Waals surface area contributed by atoms with Crippen molar-refractivity contribution in [1.29, 1.82) is 0 Å². The van der Waals surface area contributed by atoms with Gasteiger partial charge in [-0.05, 0) is 42.2 Å². The van der Waals surface area contributed by atoms with Crippen LogP contribution in [0, 0.1) is 0 Å². The second-order valence-electron chi connectivity index (χ2n) is 6.72. The maximum Gasteiger partial charge on any atom is 0.315 e. The van der Waals surface area contributed by atoms with Gasteiger partial charge in [0.15, 0.2) is 0 Å². The molecule has 2 N–H and O–H groups in total. The van der Waals surface area contributed by atoms with E-state index in [0.717, 1.165) is 32.2 Å². The molecule has 3 heteroatoms. The summed E-state index contributed by atoms with van der Waals surface area (Å²) in [6.45, 7) is 7.42. The Balaban J connectivity index is 1.67. The van der Waals surface area contributed by atoms with Crippen molar-refractivity contribution in [1.82, 2.24) is 10.6 Å². The van der Waals surface area contributed by atoms with Gasteiger partial charge in [0, 0.05) is 12.6 Å². The molecule has 0 spiro atoms. The number of hydrogen-bond acceptors (Lipinski definition) is 1. The van der Waals surface area contributed by atoms with Crippen LogP contribution in [0.1, 0.15) is 51.2 Å². The van der Waals surface area contributed by atoms with Gasteiger partial charge in [-0.2, -0.15) is 0 Å². The van der Waals surface area contributed by atoms with Gasteiger partial charge in [0.1, 0.15) is 0 Å². The standard InChI is InChI=1S/C17H26N2O/c1-17(2,3)14-8-6-13(7-9-14)5-4-12-18-16(20)19-15-10-11-15/h6-9,15H,4-5,10-12H2,1-3H3,(H2,18,19,20). The van der Waals surface area contributed by atoms with Gasteiger partial charge in [-0.3, -0.25) is 0 Å². The van der Waals surface area contributed by atoms with Gasteiger partial charge in [0.2, 0.25) is 0 Å². The Bertz CT molecular complexity index is 441. The highest BCUT2D eigenvalue weighted by atomic mass is 16.2. The second kappa shape index (κ2) is 6.29. The number of nitrogens with one attached hydrogen (secondary N) is 2. The topological polar surface area (TPSA) is 41.1 Å². The molecule has 3 nitrogen and oxygen atoms in total. The van der Waals surface area contributed by atoms with Crippen LogP contribution in [0.4, 0.5) is 4.79 Å². The van der Waals surface area contributed by atoms with Crippen LogP contribution in [-0.2, 0) is 11.8 Å². The van der Waals surface area contributed by atoms with Crippen LogP contribution in [0.3, 0.4) is 0 Å². The van der Waals surface area contributed by atoms with Crippen molar-refractivity contribution in [3.05, 3.63) is 35.4 Å². The summed E-state index contributed by atoms with van der Waals surface area (Å²) in [6.07, 6.45) is 4.25. The Morgan fingerprint density at radius 1 is 1.20 bits per heavy atom. The van der Waals surface area contributed by atoms with Gasteiger partial charge in [-0.1, -0.05) is 45.0 Å². The van der Waals surface area contributed by atoms with Crippen LogP contribution in [0.15, 0.2) is 24.3 Å². The smallest absolute Gasteiger partial charge is 0.315 e. The highest BCUT2D eigenvalue weighted by Gasteiger charge is 2.22. The third kappa shape index (κ3) is 4.87. The molecule has 1 fully saturated rings. The molecule has 1 saturated carbocycles. The van der Waals surface area contributed by atoms with Crippen molar-refractivity contribution in [2.24, 2.45) is 0 Å². The number of hydrogen-bond donors (Lipinski definition) is 2. The van der Waals surface area contributed by atoms with Crippen LogP contribution < -0.4 is 10.6 Å². The minimum atomic E-state index is -0.0180. The van der Waals surface area contributed by atoms with Gasteiger partial charge in [0.25, 0.3) is 0 Å². The van der Waals surface area contributed by atoms with Crippen LogP contribution in [0.5, 0.6) is 0 Å². The molecule has 1 aliphatic carbocycles. The summed E-state index contributed by atoms with van der Waals surface area (Å²) in [7, 11) is 0. The largest absolute Gasteiger partial charge is 0.338 e. The van der Waals surface area contributed by atoms with E-state index in [4.69, 9.17) is 0 Å². The number of amides is 2. The summed E-state index contributed by atoms with van der Waals surface area (Å²) in [5.74, 6) is 0. The molecule has 0 saturated heterocycles. The Morgan fingerprint density at radius 3 is 2.40 bits per heavy atom. The Labute approximate surface area is 122 Å². The number of benzene rings is 1. The summed E-state index contributed by atoms with van der Waals surface area (Å²) in [5, 5.41) is 5.84. The van der Waals surface area contributed by atoms with E-state index in [1.54, 1.807) is 0 Å². The highest BCUT2D eigenvalue weighted by Crippen LogP contribution is 2.22. The zero-order chi connectivity index (χ0) is 14.6. The summed E-state index contributed by atoms with van der Waals surface area (Å²) in [5.41, 5.74) is 2.91. The first-order chi connectivity index (χ1) is 9.45. The molecule has 1 aliphatic rings. The molecule has 1 aromatic carbocycles. The van der Waals surface area contributed by atoms with Crippen molar-refractivity contribution in [3.8, 4) is 0 Å². The van der Waals surface area contributed by atoms with Crippen LogP contribution >= 0.6 is 0 Å². The second-order valence-corrected chi connectivity index (χ2v) is 6.72. The lowest BCUT2D eigenvalue weighted by Crippen LogP contribution is -2.37. The van der Waals surface area contributed by atoms with E-state index in [-0.39, 0.29) is 11.4 Å². The Kier molecular flexibility index (Phi) is 4.69. The summed E-state index contributed by atoms with van der Waals surface area (Å²) in [4.78, 5) is 11.4. The molecule has 0 bridgehead atoms. The fourth-order valence-electron chi connectivity index (χ4n) is 2.13. The van der Waals surface area contributed by atoms with Gasteiger partial charge in [-0.15, -0.1) is 0 Å². The summed E-state index contributed by atoms with van der Waals surface area (Å²) >= 11 is 0. The molecule has 110 valence electrons. The van der Waals surface area contributed by atoms with E-state index in [0.29, 0.717) is 6.04 Å². The van der Waals surface area contributed by atoms with Crippen molar-refractivity contribution < 1.29 is 4.79 Å². The van der Waals surface area contributed by atoms with Gasteiger partial charge in [0.05, 0.1) is 0 Å². The highest BCUT2D eigenvalue weighted by molar-refractivity contribution is 5.74. The van der Waals surface area contributed by atoms with E-state index >= 15 is 0 Å². The molecule has 0 radical (unpaired) electrons. The maximum absolute atomic E-state index is 11.4. The molecule has 0 unspecified atom stereocenters. The molecule has 0 aliphatic heterocycles. The molecular formula is C17H26N2O.